The van der Waals surface area contributed by atoms with Gasteiger partial charge in [-0.3, -0.25) is 0 Å². The predicted octanol–water partition coefficient (Wildman–Crippen LogP) is 10.2. The molecule has 1 heterocycles. The van der Waals surface area contributed by atoms with Gasteiger partial charge in [-0.2, -0.15) is 8.78 Å². The van der Waals surface area contributed by atoms with Gasteiger partial charge >= 0.3 is 6.11 Å². The standard InChI is InChI=1S/C32H37F3O/c1-3-5-7-8-9-10-11-12-23-14-16-24(17-15-23)26-19-20-27-28-21-18-25(13-6-4-2)30(33)31(28)36-32(34,35)29(27)22-26/h14-22H,3-13H2,1-2H3. The molecule has 0 aliphatic carbocycles. The van der Waals surface area contributed by atoms with Crippen LogP contribution in [0.15, 0.2) is 54.6 Å². The first-order valence-electron chi connectivity index (χ1n) is 13.6. The molecular formula is C32H37F3O. The summed E-state index contributed by atoms with van der Waals surface area (Å²) in [4.78, 5) is 0. The van der Waals surface area contributed by atoms with Crippen LogP contribution in [0.3, 0.4) is 0 Å². The van der Waals surface area contributed by atoms with Crippen molar-refractivity contribution in [1.82, 2.24) is 0 Å². The first-order chi connectivity index (χ1) is 17.4. The molecular weight excluding hydrogens is 457 g/mol. The van der Waals surface area contributed by atoms with Gasteiger partial charge in [0.2, 0.25) is 0 Å². The highest BCUT2D eigenvalue weighted by atomic mass is 19.3. The maximum absolute atomic E-state index is 15.1. The van der Waals surface area contributed by atoms with Crippen molar-refractivity contribution in [2.75, 3.05) is 0 Å². The van der Waals surface area contributed by atoms with E-state index in [0.717, 1.165) is 24.8 Å². The topological polar surface area (TPSA) is 9.23 Å². The van der Waals surface area contributed by atoms with E-state index in [9.17, 15) is 0 Å². The second kappa shape index (κ2) is 12.0. The molecule has 36 heavy (non-hydrogen) atoms. The van der Waals surface area contributed by atoms with Crippen molar-refractivity contribution in [3.05, 3.63) is 77.1 Å². The number of hydrogen-bond acceptors (Lipinski definition) is 1. The minimum atomic E-state index is -3.60. The highest BCUT2D eigenvalue weighted by Gasteiger charge is 2.43. The summed E-state index contributed by atoms with van der Waals surface area (Å²) >= 11 is 0. The molecule has 0 unspecified atom stereocenters. The van der Waals surface area contributed by atoms with Crippen LogP contribution in [0.4, 0.5) is 13.2 Å². The Balaban J connectivity index is 1.49. The first kappa shape index (κ1) is 26.3. The molecule has 3 aromatic carbocycles. The molecule has 0 atom stereocenters. The lowest BCUT2D eigenvalue weighted by molar-refractivity contribution is -0.188. The van der Waals surface area contributed by atoms with E-state index >= 15 is 13.2 Å². The van der Waals surface area contributed by atoms with Crippen LogP contribution < -0.4 is 4.74 Å². The summed E-state index contributed by atoms with van der Waals surface area (Å²) in [5.74, 6) is -1.02. The van der Waals surface area contributed by atoms with Crippen LogP contribution >= 0.6 is 0 Å². The number of unbranched alkanes of at least 4 members (excludes halogenated alkanes) is 7. The van der Waals surface area contributed by atoms with Gasteiger partial charge in [0.15, 0.2) is 11.6 Å². The molecule has 1 aliphatic rings. The summed E-state index contributed by atoms with van der Waals surface area (Å²) in [6.07, 6.45) is 8.58. The number of alkyl halides is 2. The smallest absolute Gasteiger partial charge is 0.425 e. The van der Waals surface area contributed by atoms with Crippen molar-refractivity contribution in [3.63, 3.8) is 0 Å². The Morgan fingerprint density at radius 1 is 0.667 bits per heavy atom. The number of fused-ring (bicyclic) bond motifs is 3. The lowest BCUT2D eigenvalue weighted by Gasteiger charge is -2.29. The molecule has 1 nitrogen and oxygen atoms in total. The average molecular weight is 495 g/mol. The molecule has 0 amide bonds. The number of rotatable bonds is 12. The van der Waals surface area contributed by atoms with Gasteiger partial charge in [0.25, 0.3) is 0 Å². The van der Waals surface area contributed by atoms with E-state index in [1.165, 1.54) is 56.6 Å². The van der Waals surface area contributed by atoms with Gasteiger partial charge in [0.05, 0.1) is 5.56 Å². The first-order valence-corrected chi connectivity index (χ1v) is 13.6. The van der Waals surface area contributed by atoms with Crippen LogP contribution in [0, 0.1) is 5.82 Å². The van der Waals surface area contributed by atoms with Crippen LogP contribution in [-0.4, -0.2) is 0 Å². The molecule has 4 rings (SSSR count). The third kappa shape index (κ3) is 5.96. The van der Waals surface area contributed by atoms with Gasteiger partial charge in [0, 0.05) is 5.56 Å². The third-order valence-electron chi connectivity index (χ3n) is 7.19. The second-order valence-electron chi connectivity index (χ2n) is 9.97. The normalized spacial score (nSPS) is 13.7. The minimum Gasteiger partial charge on any atom is -0.425 e. The molecule has 0 radical (unpaired) electrons. The van der Waals surface area contributed by atoms with E-state index in [1.807, 2.05) is 25.1 Å². The quantitative estimate of drug-likeness (QED) is 0.228. The van der Waals surface area contributed by atoms with Crippen molar-refractivity contribution < 1.29 is 17.9 Å². The van der Waals surface area contributed by atoms with Gasteiger partial charge in [-0.15, -0.1) is 0 Å². The summed E-state index contributed by atoms with van der Waals surface area (Å²) in [5.41, 5.74) is 3.74. The lowest BCUT2D eigenvalue weighted by Crippen LogP contribution is -2.27. The van der Waals surface area contributed by atoms with Crippen molar-refractivity contribution in [1.29, 1.82) is 0 Å². The number of benzene rings is 3. The highest BCUT2D eigenvalue weighted by Crippen LogP contribution is 2.49. The Labute approximate surface area is 213 Å². The van der Waals surface area contributed by atoms with E-state index in [4.69, 9.17) is 4.74 Å². The molecule has 3 aromatic rings. The molecule has 192 valence electrons. The summed E-state index contributed by atoms with van der Waals surface area (Å²) in [5, 5.41) is 0. The molecule has 0 saturated heterocycles. The molecule has 0 spiro atoms. The fraction of sp³-hybridized carbons (Fsp3) is 0.438. The van der Waals surface area contributed by atoms with Crippen molar-refractivity contribution in [2.24, 2.45) is 0 Å². The van der Waals surface area contributed by atoms with E-state index in [-0.39, 0.29) is 11.3 Å². The van der Waals surface area contributed by atoms with E-state index in [2.05, 4.69) is 19.1 Å². The molecule has 4 heteroatoms. The fourth-order valence-electron chi connectivity index (χ4n) is 5.00. The molecule has 0 saturated carbocycles. The SMILES string of the molecule is CCCCCCCCCc1ccc(-c2ccc3c(c2)C(F)(F)Oc2c-3ccc(CCCC)c2F)cc1. The van der Waals surface area contributed by atoms with E-state index in [1.54, 1.807) is 18.2 Å². The maximum Gasteiger partial charge on any atom is 0.427 e. The van der Waals surface area contributed by atoms with Crippen molar-refractivity contribution in [3.8, 4) is 28.0 Å². The zero-order chi connectivity index (χ0) is 25.5. The van der Waals surface area contributed by atoms with Gasteiger partial charge in [-0.25, -0.2) is 4.39 Å². The molecule has 0 aromatic heterocycles. The predicted molar refractivity (Wildman–Crippen MR) is 142 cm³/mol. The number of aryl methyl sites for hydroxylation is 2. The van der Waals surface area contributed by atoms with Crippen molar-refractivity contribution in [2.45, 2.75) is 90.6 Å². The van der Waals surface area contributed by atoms with Gasteiger partial charge in [0.1, 0.15) is 0 Å². The van der Waals surface area contributed by atoms with Crippen LogP contribution in [-0.2, 0) is 19.0 Å². The van der Waals surface area contributed by atoms with Gasteiger partial charge in [-0.05, 0) is 59.6 Å². The fourth-order valence-corrected chi connectivity index (χ4v) is 5.00. The third-order valence-corrected chi connectivity index (χ3v) is 7.19. The van der Waals surface area contributed by atoms with Crippen LogP contribution in [0.25, 0.3) is 22.3 Å². The van der Waals surface area contributed by atoms with Gasteiger partial charge in [-0.1, -0.05) is 107 Å². The maximum atomic E-state index is 15.1. The van der Waals surface area contributed by atoms with Crippen LogP contribution in [0.5, 0.6) is 5.75 Å². The summed E-state index contributed by atoms with van der Waals surface area (Å²) in [6, 6.07) is 16.5. The van der Waals surface area contributed by atoms with Crippen molar-refractivity contribution >= 4 is 0 Å². The van der Waals surface area contributed by atoms with E-state index < -0.39 is 11.9 Å². The Morgan fingerprint density at radius 3 is 2.03 bits per heavy atom. The highest BCUT2D eigenvalue weighted by molar-refractivity contribution is 5.80. The Hall–Kier alpha value is -2.75. The Bertz CT molecular complexity index is 1150. The Morgan fingerprint density at radius 2 is 1.31 bits per heavy atom. The molecule has 1 aliphatic heterocycles. The van der Waals surface area contributed by atoms with E-state index in [0.29, 0.717) is 28.7 Å². The number of ether oxygens (including phenoxy) is 1. The zero-order valence-electron chi connectivity index (χ0n) is 21.5. The average Bonchev–Trinajstić information content (AvgIpc) is 2.88. The number of halogens is 3. The Kier molecular flexibility index (Phi) is 8.77. The lowest BCUT2D eigenvalue weighted by atomic mass is 9.90. The summed E-state index contributed by atoms with van der Waals surface area (Å²) < 4.78 is 50.2. The summed E-state index contributed by atoms with van der Waals surface area (Å²) in [7, 11) is 0. The van der Waals surface area contributed by atoms with Crippen LogP contribution in [0.1, 0.15) is 88.3 Å². The number of hydrogen-bond donors (Lipinski definition) is 0. The largest absolute Gasteiger partial charge is 0.427 e. The minimum absolute atomic E-state index is 0.222. The zero-order valence-corrected chi connectivity index (χ0v) is 21.5. The molecule has 0 N–H and O–H groups in total. The molecule has 0 bridgehead atoms. The monoisotopic (exact) mass is 494 g/mol. The summed E-state index contributed by atoms with van der Waals surface area (Å²) in [6.45, 7) is 4.25. The molecule has 0 fully saturated rings. The van der Waals surface area contributed by atoms with Gasteiger partial charge < -0.3 is 4.74 Å². The second-order valence-corrected chi connectivity index (χ2v) is 9.97. The van der Waals surface area contributed by atoms with Crippen LogP contribution in [0.2, 0.25) is 0 Å².